The first-order valence-electron chi connectivity index (χ1n) is 16.0. The lowest BCUT2D eigenvalue weighted by Crippen LogP contribution is -2.36. The van der Waals surface area contributed by atoms with Gasteiger partial charge in [0.15, 0.2) is 0 Å². The fourth-order valence-corrected chi connectivity index (χ4v) is 6.21. The highest BCUT2D eigenvalue weighted by Crippen LogP contribution is 2.47. The second-order valence-corrected chi connectivity index (χ2v) is 13.0. The maximum atomic E-state index is 12.5. The van der Waals surface area contributed by atoms with Crippen LogP contribution in [0.15, 0.2) is 58.8 Å². The third-order valence-corrected chi connectivity index (χ3v) is 9.02. The van der Waals surface area contributed by atoms with Crippen LogP contribution in [-0.2, 0) is 18.5 Å². The van der Waals surface area contributed by atoms with E-state index in [1.165, 1.54) is 0 Å². The van der Waals surface area contributed by atoms with E-state index in [9.17, 15) is 4.79 Å². The first-order valence-corrected chi connectivity index (χ1v) is 17.2. The van der Waals surface area contributed by atoms with Gasteiger partial charge in [0.1, 0.15) is 6.10 Å². The summed E-state index contributed by atoms with van der Waals surface area (Å²) in [6, 6.07) is 17.5. The Morgan fingerprint density at radius 3 is 2.07 bits per heavy atom. The van der Waals surface area contributed by atoms with Crippen LogP contribution in [0.1, 0.15) is 70.2 Å². The molecule has 2 aromatic rings. The highest BCUT2D eigenvalue weighted by Gasteiger charge is 2.30. The van der Waals surface area contributed by atoms with Crippen LogP contribution in [0.2, 0.25) is 0 Å². The summed E-state index contributed by atoms with van der Waals surface area (Å²) in [5.41, 5.74) is 3.16. The number of nitriles is 1. The molecule has 0 saturated carbocycles. The number of hydrogen-bond donors (Lipinski definition) is 1. The Bertz CT molecular complexity index is 1180. The highest BCUT2D eigenvalue weighted by atomic mass is 31.2. The molecule has 46 heavy (non-hydrogen) atoms. The van der Waals surface area contributed by atoms with Crippen LogP contribution >= 0.6 is 8.53 Å². The molecule has 0 spiro atoms. The molecular weight excluding hydrogens is 603 g/mol. The van der Waals surface area contributed by atoms with Crippen LogP contribution < -0.4 is 10.2 Å². The molecule has 0 fully saturated rings. The standard InChI is InChI=1S/C34H53N6O5P/c1-27(2)40(28(3)4)46(44-24-12-21-35)45-33(25-42-7)26-43-23-11-9-8-10-22-36-34(41)29-13-15-30(16-14-29)37-38-31-17-19-32(20-18-31)39(5)6/h13-20,27-28,33H,8-12,22-26H2,1-7H3,(H,36,41). The minimum atomic E-state index is -1.36. The molecule has 2 rings (SSSR count). The van der Waals surface area contributed by atoms with E-state index in [4.69, 9.17) is 23.8 Å². The zero-order chi connectivity index (χ0) is 33.7. The van der Waals surface area contributed by atoms with Crippen LogP contribution in [0.5, 0.6) is 0 Å². The Morgan fingerprint density at radius 2 is 1.50 bits per heavy atom. The zero-order valence-corrected chi connectivity index (χ0v) is 29.5. The summed E-state index contributed by atoms with van der Waals surface area (Å²) in [6.45, 7) is 10.8. The minimum absolute atomic E-state index is 0.0969. The van der Waals surface area contributed by atoms with Crippen molar-refractivity contribution in [1.29, 1.82) is 5.26 Å². The largest absolute Gasteiger partial charge is 0.382 e. The molecule has 254 valence electrons. The molecule has 0 aliphatic rings. The second kappa shape index (κ2) is 22.5. The van der Waals surface area contributed by atoms with Gasteiger partial charge in [-0.3, -0.25) is 4.79 Å². The molecule has 11 nitrogen and oxygen atoms in total. The van der Waals surface area contributed by atoms with Gasteiger partial charge < -0.3 is 28.7 Å². The van der Waals surface area contributed by atoms with Gasteiger partial charge in [-0.05, 0) is 89.1 Å². The maximum Gasteiger partial charge on any atom is 0.259 e. The number of amides is 1. The van der Waals surface area contributed by atoms with Crippen molar-refractivity contribution in [2.45, 2.75) is 78.0 Å². The molecule has 0 saturated heterocycles. The maximum absolute atomic E-state index is 12.5. The Balaban J connectivity index is 1.66. The van der Waals surface area contributed by atoms with Crippen LogP contribution in [0.4, 0.5) is 17.1 Å². The van der Waals surface area contributed by atoms with Crippen LogP contribution in [0.25, 0.3) is 0 Å². The number of benzene rings is 2. The fraction of sp³-hybridized carbons (Fsp3) is 0.588. The normalized spacial score (nSPS) is 13.0. The number of ether oxygens (including phenoxy) is 2. The van der Waals surface area contributed by atoms with Gasteiger partial charge in [0, 0.05) is 57.7 Å². The number of nitrogens with one attached hydrogen (secondary N) is 1. The van der Waals surface area contributed by atoms with Gasteiger partial charge in [-0.2, -0.15) is 15.5 Å². The number of rotatable bonds is 23. The van der Waals surface area contributed by atoms with Crippen molar-refractivity contribution in [2.24, 2.45) is 10.2 Å². The van der Waals surface area contributed by atoms with Crippen LogP contribution in [0, 0.1) is 11.3 Å². The minimum Gasteiger partial charge on any atom is -0.382 e. The van der Waals surface area contributed by atoms with E-state index in [1.54, 1.807) is 31.4 Å². The summed E-state index contributed by atoms with van der Waals surface area (Å²) in [7, 11) is 4.27. The van der Waals surface area contributed by atoms with Gasteiger partial charge in [-0.15, -0.1) is 0 Å². The molecule has 0 aliphatic carbocycles. The molecular formula is C34H53N6O5P. The summed E-state index contributed by atoms with van der Waals surface area (Å²) < 4.78 is 25.9. The van der Waals surface area contributed by atoms with Gasteiger partial charge >= 0.3 is 0 Å². The molecule has 1 amide bonds. The Morgan fingerprint density at radius 1 is 0.891 bits per heavy atom. The number of carbonyl (C=O) groups is 1. The SMILES string of the molecule is COCC(COCCCCCCNC(=O)c1ccc(N=Nc2ccc(N(C)C)cc2)cc1)OP(OCCC#N)N(C(C)C)C(C)C. The number of unbranched alkanes of at least 4 members (excludes halogenated alkanes) is 3. The lowest BCUT2D eigenvalue weighted by atomic mass is 10.1. The summed E-state index contributed by atoms with van der Waals surface area (Å²) in [5.74, 6) is -0.0969. The number of azo groups is 1. The van der Waals surface area contributed by atoms with Crippen molar-refractivity contribution in [2.75, 3.05) is 59.1 Å². The molecule has 2 aromatic carbocycles. The van der Waals surface area contributed by atoms with Gasteiger partial charge in [0.05, 0.1) is 43.7 Å². The third kappa shape index (κ3) is 15.1. The third-order valence-electron chi connectivity index (χ3n) is 6.84. The van der Waals surface area contributed by atoms with E-state index in [-0.39, 0.29) is 24.1 Å². The number of nitrogens with zero attached hydrogens (tertiary/aromatic N) is 5. The fourth-order valence-electron chi connectivity index (χ4n) is 4.53. The smallest absolute Gasteiger partial charge is 0.259 e. The molecule has 0 aromatic heterocycles. The van der Waals surface area contributed by atoms with Crippen molar-refractivity contribution in [3.05, 3.63) is 54.1 Å². The van der Waals surface area contributed by atoms with Crippen molar-refractivity contribution in [1.82, 2.24) is 9.99 Å². The van der Waals surface area contributed by atoms with Gasteiger partial charge in [-0.1, -0.05) is 12.8 Å². The lowest BCUT2D eigenvalue weighted by molar-refractivity contribution is -0.00231. The predicted octanol–water partition coefficient (Wildman–Crippen LogP) is 7.78. The molecule has 0 heterocycles. The van der Waals surface area contributed by atoms with E-state index < -0.39 is 8.53 Å². The monoisotopic (exact) mass is 656 g/mol. The summed E-state index contributed by atoms with van der Waals surface area (Å²) in [4.78, 5) is 14.6. The predicted molar refractivity (Wildman–Crippen MR) is 185 cm³/mol. The topological polar surface area (TPSA) is 121 Å². The number of carbonyl (C=O) groups excluding carboxylic acids is 1. The van der Waals surface area contributed by atoms with Crippen LogP contribution in [0.3, 0.4) is 0 Å². The average Bonchev–Trinajstić information content (AvgIpc) is 3.03. The number of methoxy groups -OCH3 is 1. The Labute approximate surface area is 277 Å². The van der Waals surface area contributed by atoms with E-state index in [0.717, 1.165) is 37.1 Å². The van der Waals surface area contributed by atoms with Crippen molar-refractivity contribution in [3.63, 3.8) is 0 Å². The van der Waals surface area contributed by atoms with E-state index in [2.05, 4.69) is 54.0 Å². The highest BCUT2D eigenvalue weighted by molar-refractivity contribution is 7.44. The molecule has 0 bridgehead atoms. The first kappa shape index (κ1) is 39.2. The summed E-state index contributed by atoms with van der Waals surface area (Å²) in [6.07, 6.45) is 3.85. The molecule has 1 N–H and O–H groups in total. The number of anilines is 1. The summed E-state index contributed by atoms with van der Waals surface area (Å²) >= 11 is 0. The van der Waals surface area contributed by atoms with Gasteiger partial charge in [-0.25, -0.2) is 4.67 Å². The van der Waals surface area contributed by atoms with E-state index in [1.807, 2.05) is 43.3 Å². The average molecular weight is 657 g/mol. The van der Waals surface area contributed by atoms with E-state index >= 15 is 0 Å². The summed E-state index contributed by atoms with van der Waals surface area (Å²) in [5, 5.41) is 20.5. The van der Waals surface area contributed by atoms with Crippen molar-refractivity contribution >= 4 is 31.5 Å². The number of hydrogen-bond acceptors (Lipinski definition) is 10. The zero-order valence-electron chi connectivity index (χ0n) is 28.6. The Kier molecular flexibility index (Phi) is 19.2. The molecule has 2 unspecified atom stereocenters. The second-order valence-electron chi connectivity index (χ2n) is 11.6. The van der Waals surface area contributed by atoms with Gasteiger partial charge in [0.25, 0.3) is 14.4 Å². The van der Waals surface area contributed by atoms with E-state index in [0.29, 0.717) is 50.6 Å². The molecule has 12 heteroatoms. The molecule has 0 radical (unpaired) electrons. The van der Waals surface area contributed by atoms with Crippen LogP contribution in [-0.4, -0.2) is 82.9 Å². The Hall–Kier alpha value is -2.97. The van der Waals surface area contributed by atoms with Crippen molar-refractivity contribution in [3.8, 4) is 6.07 Å². The van der Waals surface area contributed by atoms with Gasteiger partial charge in [0.2, 0.25) is 0 Å². The van der Waals surface area contributed by atoms with Crippen molar-refractivity contribution < 1.29 is 23.3 Å². The molecule has 2 atom stereocenters. The first-order chi connectivity index (χ1) is 22.2. The quantitative estimate of drug-likeness (QED) is 0.0731. The lowest BCUT2D eigenvalue weighted by Gasteiger charge is -2.37. The molecule has 0 aliphatic heterocycles.